The van der Waals surface area contributed by atoms with Crippen molar-refractivity contribution < 1.29 is 9.18 Å². The minimum atomic E-state index is -0.330. The molecule has 0 amide bonds. The first-order valence-corrected chi connectivity index (χ1v) is 8.91. The Morgan fingerprint density at radius 1 is 1.07 bits per heavy atom. The van der Waals surface area contributed by atoms with Crippen molar-refractivity contribution in [3.05, 3.63) is 113 Å². The van der Waals surface area contributed by atoms with E-state index in [9.17, 15) is 14.0 Å². The Kier molecular flexibility index (Phi) is 4.99. The number of hydrogen-bond acceptors (Lipinski definition) is 3. The Morgan fingerprint density at radius 2 is 1.90 bits per heavy atom. The molecule has 0 aliphatic carbocycles. The van der Waals surface area contributed by atoms with Crippen molar-refractivity contribution >= 4 is 11.9 Å². The molecule has 0 bridgehead atoms. The highest BCUT2D eigenvalue weighted by Crippen LogP contribution is 2.17. The molecule has 0 saturated carbocycles. The molecule has 1 N–H and O–H groups in total. The van der Waals surface area contributed by atoms with E-state index >= 15 is 0 Å². The number of nitrogens with one attached hydrogen (secondary N) is 1. The number of ketones is 1. The Morgan fingerprint density at radius 3 is 2.66 bits per heavy atom. The van der Waals surface area contributed by atoms with E-state index in [-0.39, 0.29) is 17.3 Å². The second kappa shape index (κ2) is 7.90. The van der Waals surface area contributed by atoms with Gasteiger partial charge in [0.05, 0.1) is 11.4 Å². The maximum absolute atomic E-state index is 13.0. The van der Waals surface area contributed by atoms with Crippen molar-refractivity contribution in [1.82, 2.24) is 14.5 Å². The van der Waals surface area contributed by atoms with Gasteiger partial charge >= 0.3 is 5.69 Å². The fraction of sp³-hybridized carbons (Fsp3) is 0. The molecule has 4 rings (SSSR count). The lowest BCUT2D eigenvalue weighted by Gasteiger charge is -2.03. The van der Waals surface area contributed by atoms with Gasteiger partial charge < -0.3 is 4.98 Å². The van der Waals surface area contributed by atoms with Gasteiger partial charge in [-0.2, -0.15) is 0 Å². The highest BCUT2D eigenvalue weighted by Gasteiger charge is 2.09. The summed E-state index contributed by atoms with van der Waals surface area (Å²) in [6.07, 6.45) is 8.05. The zero-order chi connectivity index (χ0) is 20.2. The monoisotopic (exact) mass is 385 g/mol. The number of H-pyrrole nitrogens is 1. The van der Waals surface area contributed by atoms with Crippen LogP contribution in [0.1, 0.15) is 15.9 Å². The summed E-state index contributed by atoms with van der Waals surface area (Å²) < 4.78 is 14.4. The van der Waals surface area contributed by atoms with Crippen LogP contribution in [0, 0.1) is 5.82 Å². The zero-order valence-corrected chi connectivity index (χ0v) is 15.2. The number of carbonyl (C=O) groups excluding carboxylic acids is 1. The Balaban J connectivity index is 1.61. The van der Waals surface area contributed by atoms with E-state index < -0.39 is 0 Å². The van der Waals surface area contributed by atoms with Crippen molar-refractivity contribution in [2.45, 2.75) is 0 Å². The first-order valence-electron chi connectivity index (χ1n) is 8.91. The highest BCUT2D eigenvalue weighted by molar-refractivity contribution is 6.07. The number of aromatic amines is 1. The largest absolute Gasteiger partial charge is 0.330 e. The number of aromatic nitrogens is 3. The van der Waals surface area contributed by atoms with Gasteiger partial charge in [-0.1, -0.05) is 30.3 Å². The van der Waals surface area contributed by atoms with Crippen LogP contribution in [0.4, 0.5) is 4.39 Å². The minimum Gasteiger partial charge on any atom is -0.305 e. The molecule has 2 aromatic carbocycles. The van der Waals surface area contributed by atoms with Crippen molar-refractivity contribution in [2.24, 2.45) is 0 Å². The molecule has 0 spiro atoms. The van der Waals surface area contributed by atoms with Gasteiger partial charge in [-0.25, -0.2) is 9.18 Å². The molecule has 0 aliphatic rings. The van der Waals surface area contributed by atoms with E-state index in [0.29, 0.717) is 16.9 Å². The first kappa shape index (κ1) is 18.3. The average molecular weight is 385 g/mol. The lowest BCUT2D eigenvalue weighted by Crippen LogP contribution is -2.14. The Labute approximate surface area is 165 Å². The molecule has 0 saturated heterocycles. The summed E-state index contributed by atoms with van der Waals surface area (Å²) >= 11 is 0. The molecule has 0 unspecified atom stereocenters. The molecule has 5 nitrogen and oxygen atoms in total. The van der Waals surface area contributed by atoms with E-state index in [1.165, 1.54) is 22.8 Å². The number of benzene rings is 2. The van der Waals surface area contributed by atoms with E-state index in [1.807, 2.05) is 6.07 Å². The summed E-state index contributed by atoms with van der Waals surface area (Å²) in [5.41, 5.74) is 2.85. The number of halogens is 1. The van der Waals surface area contributed by atoms with Gasteiger partial charge in [0, 0.05) is 29.7 Å². The van der Waals surface area contributed by atoms with Crippen LogP contribution < -0.4 is 5.69 Å². The number of allylic oxidation sites excluding steroid dienone is 1. The van der Waals surface area contributed by atoms with Crippen LogP contribution in [0.3, 0.4) is 0 Å². The summed E-state index contributed by atoms with van der Waals surface area (Å²) in [4.78, 5) is 31.8. The standard InChI is InChI=1S/C23H16FN3O2/c24-19-9-6-16(7-10-19)8-11-22(28)17-3-1-5-20(13-17)27-15-21(26-23(27)29)18-4-2-12-25-14-18/h1-15H,(H,26,29). The maximum Gasteiger partial charge on any atom is 0.330 e. The Bertz CT molecular complexity index is 1240. The summed E-state index contributed by atoms with van der Waals surface area (Å²) in [5.74, 6) is -0.545. The number of hydrogen-bond donors (Lipinski definition) is 1. The molecular weight excluding hydrogens is 369 g/mol. The number of imidazole rings is 1. The maximum atomic E-state index is 13.0. The van der Waals surface area contributed by atoms with Crippen molar-refractivity contribution in [3.8, 4) is 16.9 Å². The normalized spacial score (nSPS) is 11.1. The molecule has 6 heteroatoms. The van der Waals surface area contributed by atoms with Crippen LogP contribution in [0.15, 0.2) is 90.1 Å². The van der Waals surface area contributed by atoms with Gasteiger partial charge in [0.1, 0.15) is 5.82 Å². The second-order valence-electron chi connectivity index (χ2n) is 6.38. The lowest BCUT2D eigenvalue weighted by atomic mass is 10.1. The van der Waals surface area contributed by atoms with Crippen LogP contribution in [0.25, 0.3) is 23.0 Å². The predicted octanol–water partition coefficient (Wildman–Crippen LogP) is 4.26. The molecule has 2 heterocycles. The van der Waals surface area contributed by atoms with Crippen molar-refractivity contribution in [2.75, 3.05) is 0 Å². The third kappa shape index (κ3) is 4.11. The molecule has 0 atom stereocenters. The molecule has 0 fully saturated rings. The minimum absolute atomic E-state index is 0.216. The van der Waals surface area contributed by atoms with Crippen LogP contribution >= 0.6 is 0 Å². The van der Waals surface area contributed by atoms with Crippen LogP contribution in [0.5, 0.6) is 0 Å². The van der Waals surface area contributed by atoms with Gasteiger partial charge in [0.25, 0.3) is 0 Å². The molecule has 29 heavy (non-hydrogen) atoms. The fourth-order valence-electron chi connectivity index (χ4n) is 2.91. The molecule has 0 radical (unpaired) electrons. The summed E-state index contributed by atoms with van der Waals surface area (Å²) in [6, 6.07) is 16.3. The van der Waals surface area contributed by atoms with Crippen LogP contribution in [-0.4, -0.2) is 20.3 Å². The smallest absolute Gasteiger partial charge is 0.305 e. The second-order valence-corrected chi connectivity index (χ2v) is 6.38. The number of rotatable bonds is 5. The lowest BCUT2D eigenvalue weighted by molar-refractivity contribution is 0.104. The van der Waals surface area contributed by atoms with Crippen molar-refractivity contribution in [3.63, 3.8) is 0 Å². The highest BCUT2D eigenvalue weighted by atomic mass is 19.1. The van der Waals surface area contributed by atoms with Gasteiger partial charge in [-0.3, -0.25) is 14.3 Å². The molecule has 0 aliphatic heterocycles. The van der Waals surface area contributed by atoms with E-state index in [1.54, 1.807) is 67.1 Å². The van der Waals surface area contributed by atoms with Crippen molar-refractivity contribution in [1.29, 1.82) is 0 Å². The average Bonchev–Trinajstić information content (AvgIpc) is 3.15. The number of carbonyl (C=O) groups is 1. The summed E-state index contributed by atoms with van der Waals surface area (Å²) in [7, 11) is 0. The van der Waals surface area contributed by atoms with E-state index in [0.717, 1.165) is 11.1 Å². The summed E-state index contributed by atoms with van der Waals surface area (Å²) in [6.45, 7) is 0. The quantitative estimate of drug-likeness (QED) is 0.412. The van der Waals surface area contributed by atoms with Gasteiger partial charge in [0.15, 0.2) is 5.78 Å². The zero-order valence-electron chi connectivity index (χ0n) is 15.2. The number of pyridine rings is 1. The summed E-state index contributed by atoms with van der Waals surface area (Å²) in [5, 5.41) is 0. The van der Waals surface area contributed by atoms with Crippen LogP contribution in [-0.2, 0) is 0 Å². The van der Waals surface area contributed by atoms with E-state index in [2.05, 4.69) is 9.97 Å². The molecule has 2 aromatic heterocycles. The van der Waals surface area contributed by atoms with Gasteiger partial charge in [-0.05, 0) is 48.0 Å². The van der Waals surface area contributed by atoms with Gasteiger partial charge in [-0.15, -0.1) is 0 Å². The number of nitrogens with zero attached hydrogens (tertiary/aromatic N) is 2. The predicted molar refractivity (Wildman–Crippen MR) is 109 cm³/mol. The van der Waals surface area contributed by atoms with Gasteiger partial charge in [0.2, 0.25) is 0 Å². The topological polar surface area (TPSA) is 67.8 Å². The SMILES string of the molecule is O=C(C=Cc1ccc(F)cc1)c1cccc(-n2cc(-c3cccnc3)[nH]c2=O)c1. The first-order chi connectivity index (χ1) is 14.1. The molecule has 142 valence electrons. The van der Waals surface area contributed by atoms with Crippen LogP contribution in [0.2, 0.25) is 0 Å². The fourth-order valence-corrected chi connectivity index (χ4v) is 2.91. The molecule has 4 aromatic rings. The molecular formula is C23H16FN3O2. The Hall–Kier alpha value is -4.06. The van der Waals surface area contributed by atoms with E-state index in [4.69, 9.17) is 0 Å². The third-order valence-corrected chi connectivity index (χ3v) is 4.40. The third-order valence-electron chi connectivity index (χ3n) is 4.40.